The van der Waals surface area contributed by atoms with Crippen molar-refractivity contribution in [3.8, 4) is 0 Å². The Morgan fingerprint density at radius 2 is 1.81 bits per heavy atom. The Kier molecular flexibility index (Phi) is 6.59. The van der Waals surface area contributed by atoms with Gasteiger partial charge in [-0.05, 0) is 32.0 Å². The molecule has 0 saturated carbocycles. The van der Waals surface area contributed by atoms with E-state index in [0.717, 1.165) is 5.56 Å². The van der Waals surface area contributed by atoms with E-state index in [4.69, 9.17) is 9.92 Å². The number of nitrogens with two attached hydrogens (primary N) is 1. The van der Waals surface area contributed by atoms with E-state index in [-0.39, 0.29) is 23.9 Å². The minimum Gasteiger partial charge on any atom is -0.330 e. The van der Waals surface area contributed by atoms with Gasteiger partial charge in [0.15, 0.2) is 0 Å². The van der Waals surface area contributed by atoms with Crippen LogP contribution in [0.5, 0.6) is 0 Å². The van der Waals surface area contributed by atoms with Crippen molar-refractivity contribution in [1.29, 1.82) is 0 Å². The molecular weight excluding hydrogens is 250 g/mol. The summed E-state index contributed by atoms with van der Waals surface area (Å²) >= 11 is 0. The Morgan fingerprint density at radius 1 is 1.25 bits per heavy atom. The van der Waals surface area contributed by atoms with Gasteiger partial charge in [0.05, 0.1) is 11.5 Å². The minimum atomic E-state index is -3.60. The molecule has 0 fully saturated rings. The first-order valence-corrected chi connectivity index (χ1v) is 6.13. The maximum absolute atomic E-state index is 11.6. The summed E-state index contributed by atoms with van der Waals surface area (Å²) in [5, 5.41) is 0. The predicted molar refractivity (Wildman–Crippen MR) is 65.2 cm³/mol. The fourth-order valence-electron chi connectivity index (χ4n) is 1.02. The highest BCUT2D eigenvalue weighted by atomic mass is 35.5. The number of hydrogen-bond donors (Lipinski definition) is 1. The van der Waals surface area contributed by atoms with Crippen LogP contribution in [0.1, 0.15) is 12.0 Å². The van der Waals surface area contributed by atoms with Crippen molar-refractivity contribution in [3.63, 3.8) is 0 Å². The van der Waals surface area contributed by atoms with Gasteiger partial charge in [0.25, 0.3) is 10.1 Å². The predicted octanol–water partition coefficient (Wildman–Crippen LogP) is 1.47. The van der Waals surface area contributed by atoms with E-state index in [1.807, 2.05) is 6.92 Å². The summed E-state index contributed by atoms with van der Waals surface area (Å²) in [6, 6.07) is 6.54. The summed E-state index contributed by atoms with van der Waals surface area (Å²) in [5.74, 6) is 0. The number of halogens is 1. The van der Waals surface area contributed by atoms with Crippen molar-refractivity contribution in [2.45, 2.75) is 18.2 Å². The third-order valence-electron chi connectivity index (χ3n) is 1.90. The zero-order chi connectivity index (χ0) is 11.3. The Morgan fingerprint density at radius 3 is 2.31 bits per heavy atom. The van der Waals surface area contributed by atoms with Gasteiger partial charge in [-0.15, -0.1) is 12.4 Å². The SMILES string of the molecule is Cc1ccc(S(=O)(=O)OCCCN)cc1.Cl. The van der Waals surface area contributed by atoms with Crippen LogP contribution in [0.4, 0.5) is 0 Å². The Labute approximate surface area is 102 Å². The fraction of sp³-hybridized carbons (Fsp3) is 0.400. The highest BCUT2D eigenvalue weighted by Gasteiger charge is 2.13. The highest BCUT2D eigenvalue weighted by molar-refractivity contribution is 7.86. The van der Waals surface area contributed by atoms with Crippen molar-refractivity contribution in [3.05, 3.63) is 29.8 Å². The molecule has 0 atom stereocenters. The van der Waals surface area contributed by atoms with E-state index in [9.17, 15) is 8.42 Å². The third-order valence-corrected chi connectivity index (χ3v) is 3.22. The first-order chi connectivity index (χ1) is 7.06. The standard InChI is InChI=1S/C10H15NO3S.ClH/c1-9-3-5-10(6-4-9)15(12,13)14-8-2-7-11;/h3-6H,2,7-8,11H2,1H3;1H. The maximum atomic E-state index is 11.6. The summed E-state index contributed by atoms with van der Waals surface area (Å²) < 4.78 is 27.9. The third kappa shape index (κ3) is 4.49. The Bertz CT molecular complexity index is 403. The molecule has 92 valence electrons. The fourth-order valence-corrected chi connectivity index (χ4v) is 1.97. The van der Waals surface area contributed by atoms with E-state index < -0.39 is 10.1 Å². The molecule has 0 unspecified atom stereocenters. The van der Waals surface area contributed by atoms with Crippen LogP contribution in [0.15, 0.2) is 29.2 Å². The average Bonchev–Trinajstić information content (AvgIpc) is 2.18. The van der Waals surface area contributed by atoms with Crippen molar-refractivity contribution in [2.24, 2.45) is 5.73 Å². The van der Waals surface area contributed by atoms with Crippen LogP contribution in [0.2, 0.25) is 0 Å². The summed E-state index contributed by atoms with van der Waals surface area (Å²) in [7, 11) is -3.60. The normalized spacial score (nSPS) is 10.9. The summed E-state index contributed by atoms with van der Waals surface area (Å²) in [6.07, 6.45) is 0.533. The molecule has 2 N–H and O–H groups in total. The van der Waals surface area contributed by atoms with Crippen LogP contribution >= 0.6 is 12.4 Å². The van der Waals surface area contributed by atoms with E-state index >= 15 is 0 Å². The quantitative estimate of drug-likeness (QED) is 0.647. The van der Waals surface area contributed by atoms with Gasteiger partial charge in [0, 0.05) is 0 Å². The summed E-state index contributed by atoms with van der Waals surface area (Å²) in [4.78, 5) is 0.185. The molecule has 0 radical (unpaired) electrons. The lowest BCUT2D eigenvalue weighted by Gasteiger charge is -2.04. The molecule has 0 bridgehead atoms. The molecule has 1 aromatic rings. The molecule has 0 aliphatic rings. The van der Waals surface area contributed by atoms with Crippen LogP contribution in [-0.4, -0.2) is 21.6 Å². The van der Waals surface area contributed by atoms with Gasteiger partial charge in [-0.25, -0.2) is 0 Å². The first-order valence-electron chi connectivity index (χ1n) is 4.72. The average molecular weight is 266 g/mol. The number of benzene rings is 1. The van der Waals surface area contributed by atoms with Crippen LogP contribution in [-0.2, 0) is 14.3 Å². The molecule has 1 rings (SSSR count). The molecule has 0 aromatic heterocycles. The van der Waals surface area contributed by atoms with Crippen molar-refractivity contribution >= 4 is 22.5 Å². The molecule has 16 heavy (non-hydrogen) atoms. The lowest BCUT2D eigenvalue weighted by molar-refractivity contribution is 0.314. The van der Waals surface area contributed by atoms with Crippen LogP contribution in [0.3, 0.4) is 0 Å². The minimum absolute atomic E-state index is 0. The highest BCUT2D eigenvalue weighted by Crippen LogP contribution is 2.13. The lowest BCUT2D eigenvalue weighted by atomic mass is 10.2. The second-order valence-corrected chi connectivity index (χ2v) is 4.85. The molecule has 0 heterocycles. The topological polar surface area (TPSA) is 69.4 Å². The second-order valence-electron chi connectivity index (χ2n) is 3.23. The monoisotopic (exact) mass is 265 g/mol. The van der Waals surface area contributed by atoms with Crippen LogP contribution in [0, 0.1) is 6.92 Å². The van der Waals surface area contributed by atoms with Crippen molar-refractivity contribution in [1.82, 2.24) is 0 Å². The number of hydrogen-bond acceptors (Lipinski definition) is 4. The van der Waals surface area contributed by atoms with Crippen molar-refractivity contribution < 1.29 is 12.6 Å². The molecule has 0 aliphatic heterocycles. The van der Waals surface area contributed by atoms with E-state index in [0.29, 0.717) is 13.0 Å². The molecule has 0 spiro atoms. The Balaban J connectivity index is 0.00000225. The van der Waals surface area contributed by atoms with Gasteiger partial charge in [0.1, 0.15) is 0 Å². The molecule has 0 saturated heterocycles. The van der Waals surface area contributed by atoms with Gasteiger partial charge in [-0.1, -0.05) is 17.7 Å². The van der Waals surface area contributed by atoms with Crippen LogP contribution in [0.25, 0.3) is 0 Å². The molecule has 4 nitrogen and oxygen atoms in total. The van der Waals surface area contributed by atoms with Gasteiger partial charge < -0.3 is 5.73 Å². The largest absolute Gasteiger partial charge is 0.330 e. The van der Waals surface area contributed by atoms with Crippen molar-refractivity contribution in [2.75, 3.05) is 13.2 Å². The molecule has 0 amide bonds. The number of rotatable bonds is 5. The van der Waals surface area contributed by atoms with Gasteiger partial charge >= 0.3 is 0 Å². The van der Waals surface area contributed by atoms with Gasteiger partial charge in [-0.2, -0.15) is 8.42 Å². The second kappa shape index (κ2) is 6.85. The zero-order valence-electron chi connectivity index (χ0n) is 9.05. The smallest absolute Gasteiger partial charge is 0.296 e. The molecular formula is C10H16ClNO3S. The molecule has 1 aromatic carbocycles. The maximum Gasteiger partial charge on any atom is 0.296 e. The molecule has 0 aliphatic carbocycles. The first kappa shape index (κ1) is 15.4. The molecule has 6 heteroatoms. The van der Waals surface area contributed by atoms with E-state index in [2.05, 4.69) is 0 Å². The zero-order valence-corrected chi connectivity index (χ0v) is 10.7. The van der Waals surface area contributed by atoms with Gasteiger partial charge in [-0.3, -0.25) is 4.18 Å². The Hall–Kier alpha value is -0.620. The van der Waals surface area contributed by atoms with Crippen LogP contribution < -0.4 is 5.73 Å². The lowest BCUT2D eigenvalue weighted by Crippen LogP contribution is -2.10. The summed E-state index contributed by atoms with van der Waals surface area (Å²) in [6.45, 7) is 2.45. The van der Waals surface area contributed by atoms with E-state index in [1.165, 1.54) is 12.1 Å². The summed E-state index contributed by atoms with van der Waals surface area (Å²) in [5.41, 5.74) is 6.25. The number of aryl methyl sites for hydroxylation is 1. The van der Waals surface area contributed by atoms with Gasteiger partial charge in [0.2, 0.25) is 0 Å². The van der Waals surface area contributed by atoms with E-state index in [1.54, 1.807) is 12.1 Å².